The summed E-state index contributed by atoms with van der Waals surface area (Å²) in [6, 6.07) is 2.00. The van der Waals surface area contributed by atoms with E-state index >= 15 is 0 Å². The van der Waals surface area contributed by atoms with Gasteiger partial charge < -0.3 is 4.65 Å². The van der Waals surface area contributed by atoms with Gasteiger partial charge in [0.2, 0.25) is 0 Å². The molecule has 0 radical (unpaired) electrons. The van der Waals surface area contributed by atoms with E-state index in [1.807, 2.05) is 6.07 Å². The maximum absolute atomic E-state index is 6.32. The van der Waals surface area contributed by atoms with Gasteiger partial charge >= 0.3 is 6.92 Å². The van der Waals surface area contributed by atoms with E-state index in [-0.39, 0.29) is 17.9 Å². The van der Waals surface area contributed by atoms with Crippen molar-refractivity contribution in [3.63, 3.8) is 0 Å². The van der Waals surface area contributed by atoms with Crippen LogP contribution in [-0.4, -0.2) is 22.7 Å². The highest BCUT2D eigenvalue weighted by atomic mass is 16.5. The Kier molecular flexibility index (Phi) is 4.42. The first-order chi connectivity index (χ1) is 7.78. The molecule has 0 spiro atoms. The van der Waals surface area contributed by atoms with Crippen LogP contribution in [0, 0.1) is 5.41 Å². The van der Waals surface area contributed by atoms with Gasteiger partial charge in [0.1, 0.15) is 0 Å². The molecule has 0 unspecified atom stereocenters. The van der Waals surface area contributed by atoms with Crippen LogP contribution < -0.4 is 5.59 Å². The van der Waals surface area contributed by atoms with E-state index in [0.717, 1.165) is 18.3 Å². The van der Waals surface area contributed by atoms with Crippen molar-refractivity contribution in [1.29, 1.82) is 0 Å². The minimum Gasteiger partial charge on any atom is -0.424 e. The van der Waals surface area contributed by atoms with Crippen LogP contribution in [-0.2, 0) is 4.65 Å². The number of aromatic nitrogens is 2. The number of H-pyrrole nitrogens is 1. The maximum Gasteiger partial charge on any atom is 0.345 e. The highest BCUT2D eigenvalue weighted by Crippen LogP contribution is 2.33. The van der Waals surface area contributed by atoms with Gasteiger partial charge in [-0.3, -0.25) is 5.10 Å². The average molecular weight is 236 g/mol. The fourth-order valence-electron chi connectivity index (χ4n) is 1.52. The van der Waals surface area contributed by atoms with E-state index in [1.54, 1.807) is 6.20 Å². The molecule has 0 aliphatic heterocycles. The second kappa shape index (κ2) is 5.26. The predicted molar refractivity (Wildman–Crippen MR) is 73.7 cm³/mol. The molecule has 0 atom stereocenters. The summed E-state index contributed by atoms with van der Waals surface area (Å²) in [5.41, 5.74) is 1.01. The normalized spacial score (nSPS) is 12.8. The van der Waals surface area contributed by atoms with Gasteiger partial charge in [0.25, 0.3) is 0 Å². The van der Waals surface area contributed by atoms with Crippen LogP contribution >= 0.6 is 0 Å². The Hall–Kier alpha value is -0.765. The molecular weight excluding hydrogens is 211 g/mol. The van der Waals surface area contributed by atoms with E-state index in [1.165, 1.54) is 0 Å². The third-order valence-corrected chi connectivity index (χ3v) is 3.66. The molecule has 0 amide bonds. The molecule has 1 aromatic heterocycles. The van der Waals surface area contributed by atoms with Gasteiger partial charge in [0, 0.05) is 11.8 Å². The van der Waals surface area contributed by atoms with E-state index in [9.17, 15) is 0 Å². The van der Waals surface area contributed by atoms with Crippen LogP contribution in [0.25, 0.3) is 0 Å². The molecule has 1 rings (SSSR count). The average Bonchev–Trinajstić information content (AvgIpc) is 2.67. The third kappa shape index (κ3) is 3.60. The Morgan fingerprint density at radius 2 is 1.94 bits per heavy atom. The SMILES string of the molecule is CCCB(OC(C)(C)C(C)(C)C)c1ccn[nH]1. The minimum absolute atomic E-state index is 0.108. The van der Waals surface area contributed by atoms with Gasteiger partial charge in [-0.15, -0.1) is 0 Å². The first-order valence-electron chi connectivity index (χ1n) is 6.45. The van der Waals surface area contributed by atoms with Crippen molar-refractivity contribution in [2.45, 2.75) is 59.9 Å². The largest absolute Gasteiger partial charge is 0.424 e. The molecule has 0 aromatic carbocycles. The summed E-state index contributed by atoms with van der Waals surface area (Å²) >= 11 is 0. The number of nitrogens with zero attached hydrogens (tertiary/aromatic N) is 1. The number of hydrogen-bond acceptors (Lipinski definition) is 2. The molecule has 0 fully saturated rings. The number of rotatable bonds is 5. The first-order valence-corrected chi connectivity index (χ1v) is 6.45. The third-order valence-electron chi connectivity index (χ3n) is 3.66. The second-order valence-electron chi connectivity index (χ2n) is 6.17. The molecule has 3 nitrogen and oxygen atoms in total. The fraction of sp³-hybridized carbons (Fsp3) is 0.769. The summed E-state index contributed by atoms with van der Waals surface area (Å²) in [5.74, 6) is 0. The van der Waals surface area contributed by atoms with Crippen molar-refractivity contribution in [3.05, 3.63) is 12.3 Å². The Morgan fingerprint density at radius 1 is 1.29 bits per heavy atom. The van der Waals surface area contributed by atoms with Crippen LogP contribution in [0.3, 0.4) is 0 Å². The molecule has 0 aliphatic carbocycles. The highest BCUT2D eigenvalue weighted by molar-refractivity contribution is 6.66. The summed E-state index contributed by atoms with van der Waals surface area (Å²) in [7, 11) is 0. The van der Waals surface area contributed by atoms with Crippen LogP contribution in [0.1, 0.15) is 48.0 Å². The van der Waals surface area contributed by atoms with Gasteiger partial charge in [-0.2, -0.15) is 5.10 Å². The molecule has 4 heteroatoms. The quantitative estimate of drug-likeness (QED) is 0.798. The lowest BCUT2D eigenvalue weighted by atomic mass is 9.59. The van der Waals surface area contributed by atoms with Crippen molar-refractivity contribution < 1.29 is 4.65 Å². The number of aromatic amines is 1. The molecule has 0 saturated carbocycles. The number of nitrogens with one attached hydrogen (secondary N) is 1. The van der Waals surface area contributed by atoms with Crippen molar-refractivity contribution in [2.24, 2.45) is 5.41 Å². The Bertz CT molecular complexity index is 328. The smallest absolute Gasteiger partial charge is 0.345 e. The lowest BCUT2D eigenvalue weighted by molar-refractivity contribution is -0.000773. The van der Waals surface area contributed by atoms with E-state index in [4.69, 9.17) is 4.65 Å². The molecule has 0 bridgehead atoms. The second-order valence-corrected chi connectivity index (χ2v) is 6.17. The zero-order valence-electron chi connectivity index (χ0n) is 12.0. The van der Waals surface area contributed by atoms with E-state index in [2.05, 4.69) is 51.7 Å². The zero-order chi connectivity index (χ0) is 13.1. The van der Waals surface area contributed by atoms with Crippen LogP contribution in [0.5, 0.6) is 0 Å². The van der Waals surface area contributed by atoms with Gasteiger partial charge in [-0.05, 0) is 31.6 Å². The fourth-order valence-corrected chi connectivity index (χ4v) is 1.52. The standard InChI is InChI=1S/C13H25BN2O/c1-7-9-14(11-8-10-15-16-11)17-13(5,6)12(2,3)4/h8,10H,7,9H2,1-6H3,(H,15,16). The van der Waals surface area contributed by atoms with Gasteiger partial charge in [0.05, 0.1) is 5.60 Å². The van der Waals surface area contributed by atoms with Crippen LogP contribution in [0.15, 0.2) is 12.3 Å². The molecule has 0 saturated heterocycles. The molecule has 17 heavy (non-hydrogen) atoms. The molecular formula is C13H25BN2O. The summed E-state index contributed by atoms with van der Waals surface area (Å²) in [6.45, 7) is 13.2. The zero-order valence-corrected chi connectivity index (χ0v) is 12.0. The Morgan fingerprint density at radius 3 is 2.35 bits per heavy atom. The van der Waals surface area contributed by atoms with Crippen molar-refractivity contribution in [2.75, 3.05) is 0 Å². The van der Waals surface area contributed by atoms with Gasteiger partial charge in [-0.1, -0.05) is 34.1 Å². The summed E-state index contributed by atoms with van der Waals surface area (Å²) in [6.07, 6.45) is 3.90. The topological polar surface area (TPSA) is 37.9 Å². The Labute approximate surface area is 105 Å². The van der Waals surface area contributed by atoms with Gasteiger partial charge in [-0.25, -0.2) is 0 Å². The predicted octanol–water partition coefficient (Wildman–Crippen LogP) is 2.86. The van der Waals surface area contributed by atoms with Crippen molar-refractivity contribution in [3.8, 4) is 0 Å². The van der Waals surface area contributed by atoms with Crippen LogP contribution in [0.4, 0.5) is 0 Å². The minimum atomic E-state index is -0.169. The molecule has 1 heterocycles. The summed E-state index contributed by atoms with van der Waals surface area (Å²) < 4.78 is 6.32. The molecule has 1 aromatic rings. The molecule has 1 N–H and O–H groups in total. The van der Waals surface area contributed by atoms with Gasteiger partial charge in [0.15, 0.2) is 0 Å². The summed E-state index contributed by atoms with van der Waals surface area (Å²) in [5, 5.41) is 7.03. The lowest BCUT2D eigenvalue weighted by Gasteiger charge is -2.41. The molecule has 0 aliphatic rings. The van der Waals surface area contributed by atoms with Crippen LogP contribution in [0.2, 0.25) is 6.32 Å². The first kappa shape index (κ1) is 14.3. The summed E-state index contributed by atoms with van der Waals surface area (Å²) in [4.78, 5) is 0. The maximum atomic E-state index is 6.32. The Balaban J connectivity index is 2.81. The highest BCUT2D eigenvalue weighted by Gasteiger charge is 2.37. The number of hydrogen-bond donors (Lipinski definition) is 1. The van der Waals surface area contributed by atoms with Crippen molar-refractivity contribution in [1.82, 2.24) is 10.2 Å². The lowest BCUT2D eigenvalue weighted by Crippen LogP contribution is -2.48. The van der Waals surface area contributed by atoms with E-state index < -0.39 is 0 Å². The monoisotopic (exact) mass is 236 g/mol. The molecule has 96 valence electrons. The van der Waals surface area contributed by atoms with E-state index in [0.29, 0.717) is 0 Å². The van der Waals surface area contributed by atoms with Crippen molar-refractivity contribution >= 4 is 12.5 Å².